The van der Waals surface area contributed by atoms with Crippen molar-refractivity contribution >= 4 is 0 Å². The zero-order valence-electron chi connectivity index (χ0n) is 68.8. The molecule has 552 valence electrons. The van der Waals surface area contributed by atoms with Crippen molar-refractivity contribution in [2.24, 2.45) is 60.6 Å². The highest BCUT2D eigenvalue weighted by Crippen LogP contribution is 2.58. The van der Waals surface area contributed by atoms with Crippen LogP contribution < -0.4 is 0 Å². The molecule has 6 unspecified atom stereocenters. The van der Waals surface area contributed by atoms with Gasteiger partial charge in [0, 0.05) is 0 Å². The van der Waals surface area contributed by atoms with Crippen molar-refractivity contribution in [3.8, 4) is 0 Å². The van der Waals surface area contributed by atoms with Crippen molar-refractivity contribution < 1.29 is 0 Å². The van der Waals surface area contributed by atoms with Crippen molar-refractivity contribution in [1.29, 1.82) is 0 Å². The minimum atomic E-state index is 0.341. The second-order valence-electron chi connectivity index (χ2n) is 38.5. The molecule has 0 saturated heterocycles. The van der Waals surface area contributed by atoms with Crippen LogP contribution in [0.4, 0.5) is 0 Å². The second kappa shape index (κ2) is 50.3. The highest BCUT2D eigenvalue weighted by Gasteiger charge is 2.49. The van der Waals surface area contributed by atoms with Crippen LogP contribution in [0.25, 0.3) is 0 Å². The SMILES string of the molecule is CCCCCCCC(C)(CCCCCCCCC1(C)CCCCCCCCCC(C)(C(C)(CCCCCCC)CCCCCCCCCCC(C)(C)CCCCCCCCCC(C)(CCCCCC)C(C)(C)C(C)C(C)(C)C(C)C)CCCCCCCC1)C(C)(C)C. The van der Waals surface area contributed by atoms with Crippen LogP contribution in [0.15, 0.2) is 0 Å². The molecule has 1 aliphatic rings. The van der Waals surface area contributed by atoms with E-state index >= 15 is 0 Å². The Morgan fingerprint density at radius 1 is 0.283 bits per heavy atom. The Labute approximate surface area is 587 Å². The lowest BCUT2D eigenvalue weighted by atomic mass is 9.50. The Bertz CT molecular complexity index is 1650. The summed E-state index contributed by atoms with van der Waals surface area (Å²) in [6.45, 7) is 51.4. The molecule has 1 fully saturated rings. The van der Waals surface area contributed by atoms with E-state index in [-0.39, 0.29) is 0 Å². The van der Waals surface area contributed by atoms with Crippen LogP contribution in [0, 0.1) is 60.6 Å². The van der Waals surface area contributed by atoms with Gasteiger partial charge in [0.15, 0.2) is 0 Å². The first kappa shape index (κ1) is 90.0. The smallest absolute Gasteiger partial charge is 0.0269 e. The maximum atomic E-state index is 2.83. The first-order chi connectivity index (χ1) is 43.6. The lowest BCUT2D eigenvalue weighted by Crippen LogP contribution is -2.47. The van der Waals surface area contributed by atoms with Crippen LogP contribution in [0.2, 0.25) is 0 Å². The highest BCUT2D eigenvalue weighted by molar-refractivity contribution is 4.98. The molecule has 0 radical (unpaired) electrons. The molecule has 6 atom stereocenters. The molecule has 0 nitrogen and oxygen atoms in total. The van der Waals surface area contributed by atoms with Crippen molar-refractivity contribution in [3.63, 3.8) is 0 Å². The summed E-state index contributed by atoms with van der Waals surface area (Å²) in [4.78, 5) is 0. The summed E-state index contributed by atoms with van der Waals surface area (Å²) in [6, 6.07) is 0. The fourth-order valence-corrected chi connectivity index (χ4v) is 18.4. The first-order valence-corrected chi connectivity index (χ1v) is 43.6. The quantitative estimate of drug-likeness (QED) is 0.0533. The molecule has 0 heterocycles. The molecule has 0 amide bonds. The Kier molecular flexibility index (Phi) is 49.3. The van der Waals surface area contributed by atoms with Gasteiger partial charge in [0.1, 0.15) is 0 Å². The Hall–Kier alpha value is 0. The van der Waals surface area contributed by atoms with E-state index < -0.39 is 0 Å². The zero-order chi connectivity index (χ0) is 68.8. The first-order valence-electron chi connectivity index (χ1n) is 43.6. The summed E-state index contributed by atoms with van der Waals surface area (Å²) in [5.41, 5.74) is 4.11. The topological polar surface area (TPSA) is 0 Å². The third kappa shape index (κ3) is 38.0. The van der Waals surface area contributed by atoms with Crippen molar-refractivity contribution in [2.75, 3.05) is 0 Å². The number of unbranched alkanes of at least 4 members (excludes halogenated alkanes) is 29. The van der Waals surface area contributed by atoms with E-state index in [1.807, 2.05) is 0 Å². The van der Waals surface area contributed by atoms with Crippen LogP contribution >= 0.6 is 0 Å². The molecule has 1 saturated carbocycles. The normalized spacial score (nSPS) is 21.1. The van der Waals surface area contributed by atoms with Gasteiger partial charge in [-0.2, -0.15) is 0 Å². The summed E-state index contributed by atoms with van der Waals surface area (Å²) in [7, 11) is 0. The average Bonchev–Trinajstić information content (AvgIpc) is 0.779. The van der Waals surface area contributed by atoms with Gasteiger partial charge in [-0.15, -0.1) is 0 Å². The van der Waals surface area contributed by atoms with Crippen molar-refractivity contribution in [1.82, 2.24) is 0 Å². The summed E-state index contributed by atoms with van der Waals surface area (Å²) >= 11 is 0. The van der Waals surface area contributed by atoms with Gasteiger partial charge in [-0.05, 0) is 144 Å². The lowest BCUT2D eigenvalue weighted by Gasteiger charge is -2.54. The van der Waals surface area contributed by atoms with Gasteiger partial charge >= 0.3 is 0 Å². The van der Waals surface area contributed by atoms with E-state index in [1.165, 1.54) is 392 Å². The molecule has 92 heavy (non-hydrogen) atoms. The molecule has 0 aromatic carbocycles. The largest absolute Gasteiger partial charge is 0.0654 e. The van der Waals surface area contributed by atoms with Gasteiger partial charge in [-0.3, -0.25) is 0 Å². The summed E-state index contributed by atoms with van der Waals surface area (Å²) in [5, 5.41) is 0. The minimum Gasteiger partial charge on any atom is -0.0654 e. The van der Waals surface area contributed by atoms with Gasteiger partial charge in [0.05, 0.1) is 0 Å². The summed E-state index contributed by atoms with van der Waals surface area (Å²) in [5.74, 6) is 1.42. The molecule has 0 aromatic rings. The maximum Gasteiger partial charge on any atom is -0.0269 e. The number of hydrogen-bond acceptors (Lipinski definition) is 0. The molecule has 0 spiro atoms. The van der Waals surface area contributed by atoms with Crippen molar-refractivity contribution in [3.05, 3.63) is 0 Å². The molecule has 0 bridgehead atoms. The maximum absolute atomic E-state index is 2.83. The van der Waals surface area contributed by atoms with Crippen molar-refractivity contribution in [2.45, 2.75) is 530 Å². The van der Waals surface area contributed by atoms with Gasteiger partial charge in [0.25, 0.3) is 0 Å². The van der Waals surface area contributed by atoms with Crippen LogP contribution in [0.3, 0.4) is 0 Å². The van der Waals surface area contributed by atoms with Crippen LogP contribution in [0.1, 0.15) is 530 Å². The van der Waals surface area contributed by atoms with E-state index in [1.54, 1.807) is 0 Å². The molecule has 0 N–H and O–H groups in total. The molecular formula is C92H184. The van der Waals surface area contributed by atoms with Gasteiger partial charge in [0.2, 0.25) is 0 Å². The Balaban J connectivity index is 2.58. The van der Waals surface area contributed by atoms with Gasteiger partial charge in [-0.1, -0.05) is 447 Å². The predicted octanol–water partition coefficient (Wildman–Crippen LogP) is 34.3. The predicted molar refractivity (Wildman–Crippen MR) is 424 cm³/mol. The number of hydrogen-bond donors (Lipinski definition) is 0. The average molecular weight is 1290 g/mol. The van der Waals surface area contributed by atoms with Gasteiger partial charge < -0.3 is 0 Å². The van der Waals surface area contributed by atoms with Crippen LogP contribution in [-0.4, -0.2) is 0 Å². The molecule has 0 aliphatic heterocycles. The molecule has 0 aromatic heterocycles. The summed E-state index contributed by atoms with van der Waals surface area (Å²) in [6.07, 6.45) is 88.5. The lowest BCUT2D eigenvalue weighted by molar-refractivity contribution is -0.0549. The van der Waals surface area contributed by atoms with E-state index in [0.29, 0.717) is 60.6 Å². The van der Waals surface area contributed by atoms with E-state index in [4.69, 9.17) is 0 Å². The highest BCUT2D eigenvalue weighted by atomic mass is 14.5. The standard InChI is InChI=1S/C92H184/c1-21-24-27-44-62-74-89(17,84(7,8)9)75-63-51-42-40-49-59-72-88(16)71-58-48-36-33-39-54-67-80-92(20,81-68-55-43-41-50-60-73-88)91(19,78-65-45-28-25-22-2)79-66-53-37-31-30-34-46-56-69-85(10,11)70-57-47-35-32-38-52-64-77-90(18,76-61-29-26-23-3)87(14,15)83(6)86(12,13)82(4)5/h82-83H,21-81H2,1-20H3. The molecule has 0 heteroatoms. The third-order valence-corrected chi connectivity index (χ3v) is 28.7. The Morgan fingerprint density at radius 2 is 0.543 bits per heavy atom. The Morgan fingerprint density at radius 3 is 0.870 bits per heavy atom. The number of rotatable bonds is 52. The van der Waals surface area contributed by atoms with Crippen LogP contribution in [-0.2, 0) is 0 Å². The molecule has 1 rings (SSSR count). The van der Waals surface area contributed by atoms with Crippen LogP contribution in [0.5, 0.6) is 0 Å². The minimum absolute atomic E-state index is 0.341. The summed E-state index contributed by atoms with van der Waals surface area (Å²) < 4.78 is 0. The van der Waals surface area contributed by atoms with E-state index in [2.05, 4.69) is 138 Å². The van der Waals surface area contributed by atoms with E-state index in [9.17, 15) is 0 Å². The zero-order valence-corrected chi connectivity index (χ0v) is 68.8. The fraction of sp³-hybridized carbons (Fsp3) is 1.00. The second-order valence-corrected chi connectivity index (χ2v) is 38.5. The molecular weight excluding hydrogens is 1110 g/mol. The fourth-order valence-electron chi connectivity index (χ4n) is 18.4. The molecule has 1 aliphatic carbocycles. The monoisotopic (exact) mass is 1290 g/mol. The van der Waals surface area contributed by atoms with Gasteiger partial charge in [-0.25, -0.2) is 0 Å². The third-order valence-electron chi connectivity index (χ3n) is 28.7. The van der Waals surface area contributed by atoms with E-state index in [0.717, 1.165) is 0 Å².